The highest BCUT2D eigenvalue weighted by Gasteiger charge is 2.08. The van der Waals surface area contributed by atoms with Gasteiger partial charge >= 0.3 is 0 Å². The Morgan fingerprint density at radius 3 is 2.82 bits per heavy atom. The summed E-state index contributed by atoms with van der Waals surface area (Å²) < 4.78 is 11.1. The second-order valence-corrected chi connectivity index (χ2v) is 5.05. The minimum absolute atomic E-state index is 0.622. The summed E-state index contributed by atoms with van der Waals surface area (Å²) in [4.78, 5) is 0. The number of rotatable bonds is 5. The molecule has 0 bridgehead atoms. The van der Waals surface area contributed by atoms with Gasteiger partial charge < -0.3 is 8.92 Å². The van der Waals surface area contributed by atoms with Crippen molar-refractivity contribution >= 4 is 30.4 Å². The zero-order chi connectivity index (χ0) is 11.9. The van der Waals surface area contributed by atoms with Crippen LogP contribution in [0, 0.1) is 0 Å². The van der Waals surface area contributed by atoms with Crippen LogP contribution in [0.25, 0.3) is 0 Å². The third-order valence-electron chi connectivity index (χ3n) is 2.43. The summed E-state index contributed by atoms with van der Waals surface area (Å²) in [6.07, 6.45) is 5.98. The van der Waals surface area contributed by atoms with Crippen LogP contribution in [-0.4, -0.2) is 0 Å². The Hall–Kier alpha value is -0.620. The Bertz CT molecular complexity index is 415. The quantitative estimate of drug-likeness (QED) is 0.556. The molecule has 0 aromatic heterocycles. The standard InChI is InChI=1S/C13H13IO2S/c14-17-16-13-8-4-7-12(9-13)15-10-11-5-2-1-3-6-11/h1-3,5-6,8-9H,4,7,10H2. The van der Waals surface area contributed by atoms with E-state index in [0.717, 1.165) is 24.4 Å². The van der Waals surface area contributed by atoms with Gasteiger partial charge in [0, 0.05) is 33.7 Å². The van der Waals surface area contributed by atoms with Crippen molar-refractivity contribution in [1.82, 2.24) is 0 Å². The van der Waals surface area contributed by atoms with E-state index in [0.29, 0.717) is 6.61 Å². The molecule has 1 aromatic rings. The molecule has 0 fully saturated rings. The number of halogens is 1. The van der Waals surface area contributed by atoms with Gasteiger partial charge in [-0.1, -0.05) is 30.3 Å². The first kappa shape index (κ1) is 12.8. The van der Waals surface area contributed by atoms with Gasteiger partial charge in [-0.3, -0.25) is 0 Å². The monoisotopic (exact) mass is 360 g/mol. The Kier molecular flexibility index (Phi) is 5.25. The zero-order valence-corrected chi connectivity index (χ0v) is 12.2. The summed E-state index contributed by atoms with van der Waals surface area (Å²) in [7, 11) is 1.33. The van der Waals surface area contributed by atoms with E-state index in [-0.39, 0.29) is 0 Å². The molecule has 2 nitrogen and oxygen atoms in total. The van der Waals surface area contributed by atoms with E-state index >= 15 is 0 Å². The highest BCUT2D eigenvalue weighted by molar-refractivity contribution is 14.2. The van der Waals surface area contributed by atoms with Crippen molar-refractivity contribution < 1.29 is 8.92 Å². The molecule has 0 saturated carbocycles. The normalized spacial score (nSPS) is 14.9. The maximum absolute atomic E-state index is 5.77. The van der Waals surface area contributed by atoms with Gasteiger partial charge in [-0.15, -0.1) is 0 Å². The molecule has 0 aliphatic heterocycles. The summed E-state index contributed by atoms with van der Waals surface area (Å²) in [5.41, 5.74) is 1.19. The van der Waals surface area contributed by atoms with Gasteiger partial charge in [0.25, 0.3) is 0 Å². The van der Waals surface area contributed by atoms with E-state index in [1.807, 2.05) is 24.3 Å². The molecule has 0 heterocycles. The van der Waals surface area contributed by atoms with Crippen molar-refractivity contribution in [3.63, 3.8) is 0 Å². The molecule has 1 aliphatic carbocycles. The van der Waals surface area contributed by atoms with Gasteiger partial charge in [0.1, 0.15) is 27.3 Å². The van der Waals surface area contributed by atoms with E-state index in [2.05, 4.69) is 39.4 Å². The van der Waals surface area contributed by atoms with Crippen molar-refractivity contribution in [2.45, 2.75) is 19.4 Å². The molecule has 1 aliphatic rings. The molecule has 0 radical (unpaired) electrons. The third kappa shape index (κ3) is 4.27. The smallest absolute Gasteiger partial charge is 0.137 e. The summed E-state index contributed by atoms with van der Waals surface area (Å²) in [5, 5.41) is 0. The Morgan fingerprint density at radius 1 is 1.24 bits per heavy atom. The van der Waals surface area contributed by atoms with E-state index < -0.39 is 0 Å². The fourth-order valence-corrected chi connectivity index (χ4v) is 2.42. The minimum atomic E-state index is 0.622. The van der Waals surface area contributed by atoms with Gasteiger partial charge in [-0.05, 0) is 18.1 Å². The first-order valence-corrected chi connectivity index (χ1v) is 8.69. The van der Waals surface area contributed by atoms with Gasteiger partial charge in [0.05, 0.1) is 0 Å². The van der Waals surface area contributed by atoms with Crippen LogP contribution in [0.3, 0.4) is 0 Å². The fourth-order valence-electron chi connectivity index (χ4n) is 1.60. The van der Waals surface area contributed by atoms with Gasteiger partial charge in [0.15, 0.2) is 0 Å². The van der Waals surface area contributed by atoms with E-state index in [9.17, 15) is 0 Å². The van der Waals surface area contributed by atoms with Gasteiger partial charge in [0.2, 0.25) is 0 Å². The van der Waals surface area contributed by atoms with Gasteiger partial charge in [-0.2, -0.15) is 0 Å². The molecule has 1 aromatic carbocycles. The predicted molar refractivity (Wildman–Crippen MR) is 79.3 cm³/mol. The van der Waals surface area contributed by atoms with Crippen molar-refractivity contribution in [2.75, 3.05) is 0 Å². The fraction of sp³-hybridized carbons (Fsp3) is 0.231. The molecular weight excluding hydrogens is 347 g/mol. The molecule has 0 saturated heterocycles. The third-order valence-corrected chi connectivity index (χ3v) is 3.23. The SMILES string of the molecule is ISOC1=CCCC(OCc2ccccc2)=C1. The maximum atomic E-state index is 5.77. The topological polar surface area (TPSA) is 18.5 Å². The van der Waals surface area contributed by atoms with E-state index in [1.165, 1.54) is 14.8 Å². The molecular formula is C13H13IO2S. The van der Waals surface area contributed by atoms with Crippen LogP contribution in [0.1, 0.15) is 18.4 Å². The van der Waals surface area contributed by atoms with E-state index in [4.69, 9.17) is 8.92 Å². The summed E-state index contributed by atoms with van der Waals surface area (Å²) in [5.74, 6) is 1.88. The lowest BCUT2D eigenvalue weighted by Crippen LogP contribution is -1.98. The molecule has 2 rings (SSSR count). The number of ether oxygens (including phenoxy) is 1. The summed E-state index contributed by atoms with van der Waals surface area (Å²) in [6.45, 7) is 0.622. The first-order valence-electron chi connectivity index (χ1n) is 5.41. The maximum Gasteiger partial charge on any atom is 0.137 e. The largest absolute Gasteiger partial charge is 0.493 e. The van der Waals surface area contributed by atoms with Crippen LogP contribution >= 0.6 is 30.4 Å². The van der Waals surface area contributed by atoms with Crippen molar-refractivity contribution in [2.24, 2.45) is 0 Å². The summed E-state index contributed by atoms with van der Waals surface area (Å²) in [6, 6.07) is 10.2. The van der Waals surface area contributed by atoms with Crippen LogP contribution in [0.5, 0.6) is 0 Å². The zero-order valence-electron chi connectivity index (χ0n) is 9.27. The summed E-state index contributed by atoms with van der Waals surface area (Å²) >= 11 is 2.11. The first-order chi connectivity index (χ1) is 8.38. The Balaban J connectivity index is 1.89. The average molecular weight is 360 g/mol. The average Bonchev–Trinajstić information content (AvgIpc) is 2.39. The highest BCUT2D eigenvalue weighted by atomic mass is 127. The second kappa shape index (κ2) is 6.96. The van der Waals surface area contributed by atoms with Crippen LogP contribution < -0.4 is 0 Å². The van der Waals surface area contributed by atoms with Crippen LogP contribution in [-0.2, 0) is 15.5 Å². The molecule has 4 heteroatoms. The molecule has 0 unspecified atom stereocenters. The Morgan fingerprint density at radius 2 is 2.06 bits per heavy atom. The van der Waals surface area contributed by atoms with Crippen molar-refractivity contribution in [3.8, 4) is 0 Å². The Labute approximate surface area is 118 Å². The molecule has 90 valence electrons. The lowest BCUT2D eigenvalue weighted by atomic mass is 10.1. The van der Waals surface area contributed by atoms with Crippen LogP contribution in [0.4, 0.5) is 0 Å². The molecule has 0 spiro atoms. The molecule has 0 amide bonds. The van der Waals surface area contributed by atoms with E-state index in [1.54, 1.807) is 0 Å². The number of hydrogen-bond acceptors (Lipinski definition) is 3. The highest BCUT2D eigenvalue weighted by Crippen LogP contribution is 2.25. The van der Waals surface area contributed by atoms with Crippen molar-refractivity contribution in [1.29, 1.82) is 0 Å². The molecule has 0 N–H and O–H groups in total. The number of benzene rings is 1. The molecule has 0 atom stereocenters. The predicted octanol–water partition coefficient (Wildman–Crippen LogP) is 4.78. The van der Waals surface area contributed by atoms with Crippen LogP contribution in [0.15, 0.2) is 54.0 Å². The lowest BCUT2D eigenvalue weighted by Gasteiger charge is -2.14. The number of hydrogen-bond donors (Lipinski definition) is 0. The second-order valence-electron chi connectivity index (χ2n) is 3.68. The molecule has 17 heavy (non-hydrogen) atoms. The lowest BCUT2D eigenvalue weighted by molar-refractivity contribution is 0.186. The van der Waals surface area contributed by atoms with Gasteiger partial charge in [-0.25, -0.2) is 0 Å². The van der Waals surface area contributed by atoms with Crippen molar-refractivity contribution in [3.05, 3.63) is 59.6 Å². The van der Waals surface area contributed by atoms with Crippen LogP contribution in [0.2, 0.25) is 0 Å². The number of allylic oxidation sites excluding steroid dienone is 3. The minimum Gasteiger partial charge on any atom is -0.493 e.